The second kappa shape index (κ2) is 54.0. The van der Waals surface area contributed by atoms with Crippen LogP contribution >= 0.6 is 0 Å². The molecule has 548 valence electrons. The SMILES string of the molecule is CC#CC#CC#CC#CC#CC#CC#CC#CC#CC#CC#CC#CC(=O)O[C@@H](COC1OC(COC)C(C)C(C)C1C)[C@@H]1OC(C)(C)O[C@@H]1C=CCCCCCCCCCCCC.CCCCCCCCCCCCC=C[C@H]1OC(C)(C)O[C@H]1[C@@H](O)COC1OC(COC)C(C)C(C)C1C. The van der Waals surface area contributed by atoms with Crippen molar-refractivity contribution < 1.29 is 62.0 Å². The Balaban J connectivity index is 0.000000605. The Hall–Kier alpha value is -6.77. The van der Waals surface area contributed by atoms with Crippen LogP contribution in [0.5, 0.6) is 0 Å². The van der Waals surface area contributed by atoms with Crippen molar-refractivity contribution in [3.05, 3.63) is 24.3 Å². The van der Waals surface area contributed by atoms with Crippen molar-refractivity contribution in [2.24, 2.45) is 35.5 Å². The van der Waals surface area contributed by atoms with E-state index >= 15 is 0 Å². The van der Waals surface area contributed by atoms with Gasteiger partial charge in [-0.3, -0.25) is 0 Å². The van der Waals surface area contributed by atoms with Gasteiger partial charge in [0.1, 0.15) is 30.5 Å². The third-order valence-electron chi connectivity index (χ3n) is 18.5. The Morgan fingerprint density at radius 1 is 0.426 bits per heavy atom. The topological polar surface area (TPSA) is 139 Å². The largest absolute Gasteiger partial charge is 0.447 e. The number of hydrogen-bond donors (Lipinski definition) is 1. The fraction of sp³-hybridized carbons (Fsp3) is 0.670. The van der Waals surface area contributed by atoms with Crippen LogP contribution in [-0.4, -0.2) is 125 Å². The summed E-state index contributed by atoms with van der Waals surface area (Å²) < 4.78 is 66.6. The highest BCUT2D eigenvalue weighted by Crippen LogP contribution is 2.39. The predicted octanol–water partition coefficient (Wildman–Crippen LogP) is 14.7. The summed E-state index contributed by atoms with van der Waals surface area (Å²) in [5.74, 6) is 60.1. The number of allylic oxidation sites excluding steroid dienone is 2. The van der Waals surface area contributed by atoms with Crippen molar-refractivity contribution in [1.82, 2.24) is 0 Å². The minimum absolute atomic E-state index is 0.00210. The summed E-state index contributed by atoms with van der Waals surface area (Å²) in [5, 5.41) is 11.0. The average Bonchev–Trinajstić information content (AvgIpc) is 1.78. The molecule has 0 spiro atoms. The van der Waals surface area contributed by atoms with Crippen molar-refractivity contribution >= 4 is 5.97 Å². The van der Waals surface area contributed by atoms with E-state index in [1.54, 1.807) is 21.1 Å². The van der Waals surface area contributed by atoms with Crippen molar-refractivity contribution in [3.63, 3.8) is 0 Å². The van der Waals surface area contributed by atoms with Gasteiger partial charge in [-0.2, -0.15) is 0 Å². The molecule has 101 heavy (non-hydrogen) atoms. The molecular formula is C88H118O13. The first-order chi connectivity index (χ1) is 48.8. The summed E-state index contributed by atoms with van der Waals surface area (Å²) in [6.45, 7) is 27.9. The number of aliphatic hydroxyl groups excluding tert-OH is 1. The summed E-state index contributed by atoms with van der Waals surface area (Å²) in [6, 6.07) is 0. The van der Waals surface area contributed by atoms with Gasteiger partial charge in [-0.05, 0) is 179 Å². The van der Waals surface area contributed by atoms with E-state index in [0.29, 0.717) is 31.0 Å². The lowest BCUT2D eigenvalue weighted by Crippen LogP contribution is -2.49. The average molecular weight is 1380 g/mol. The second-order valence-electron chi connectivity index (χ2n) is 27.4. The first-order valence-electron chi connectivity index (χ1n) is 37.2. The molecule has 13 heteroatoms. The molecule has 4 heterocycles. The summed E-state index contributed by atoms with van der Waals surface area (Å²) in [7, 11) is 3.36. The molecule has 0 aromatic rings. The van der Waals surface area contributed by atoms with E-state index in [4.69, 9.17) is 52.1 Å². The molecule has 4 aliphatic rings. The molecule has 13 nitrogen and oxygen atoms in total. The predicted molar refractivity (Wildman–Crippen MR) is 402 cm³/mol. The molecule has 0 saturated carbocycles. The van der Waals surface area contributed by atoms with Gasteiger partial charge in [-0.15, -0.1) is 0 Å². The van der Waals surface area contributed by atoms with Gasteiger partial charge < -0.3 is 57.2 Å². The maximum Gasteiger partial charge on any atom is 0.385 e. The van der Waals surface area contributed by atoms with E-state index in [9.17, 15) is 9.90 Å². The van der Waals surface area contributed by atoms with E-state index in [1.165, 1.54) is 122 Å². The van der Waals surface area contributed by atoms with Crippen molar-refractivity contribution in [2.75, 3.05) is 40.6 Å². The molecule has 0 bridgehead atoms. The fourth-order valence-electron chi connectivity index (χ4n) is 12.2. The van der Waals surface area contributed by atoms with Crippen LogP contribution in [0.25, 0.3) is 0 Å². The van der Waals surface area contributed by atoms with E-state index in [-0.39, 0.29) is 55.6 Å². The highest BCUT2D eigenvalue weighted by molar-refractivity contribution is 5.89. The summed E-state index contributed by atoms with van der Waals surface area (Å²) in [5.41, 5.74) is 0. The van der Waals surface area contributed by atoms with Gasteiger partial charge in [0, 0.05) is 67.5 Å². The van der Waals surface area contributed by atoms with Crippen LogP contribution in [0.4, 0.5) is 0 Å². The number of carbonyl (C=O) groups is 1. The molecule has 0 aromatic heterocycles. The normalized spacial score (nSPS) is 25.3. The van der Waals surface area contributed by atoms with Crippen LogP contribution in [0.3, 0.4) is 0 Å². The lowest BCUT2D eigenvalue weighted by atomic mass is 9.79. The molecule has 16 atom stereocenters. The molecule has 4 aliphatic heterocycles. The maximum atomic E-state index is 13.1. The number of esters is 1. The summed E-state index contributed by atoms with van der Waals surface area (Å²) in [6.07, 6.45) is 31.9. The highest BCUT2D eigenvalue weighted by Gasteiger charge is 2.48. The monoisotopic (exact) mass is 1380 g/mol. The number of ether oxygens (including phenoxy) is 11. The quantitative estimate of drug-likeness (QED) is 0.0208. The molecular weight excluding hydrogens is 1260 g/mol. The zero-order valence-corrected chi connectivity index (χ0v) is 63.8. The summed E-state index contributed by atoms with van der Waals surface area (Å²) in [4.78, 5) is 13.1. The van der Waals surface area contributed by atoms with Crippen LogP contribution < -0.4 is 0 Å². The number of hydrogen-bond acceptors (Lipinski definition) is 13. The Labute approximate surface area is 611 Å². The molecule has 0 amide bonds. The number of aliphatic hydroxyl groups is 1. The zero-order valence-electron chi connectivity index (χ0n) is 63.8. The van der Waals surface area contributed by atoms with E-state index in [2.05, 4.69) is 216 Å². The Morgan fingerprint density at radius 3 is 1.12 bits per heavy atom. The third kappa shape index (κ3) is 38.4. The van der Waals surface area contributed by atoms with Gasteiger partial charge in [-0.1, -0.05) is 201 Å². The Bertz CT molecular complexity index is 3310. The molecule has 10 unspecified atom stereocenters. The standard InChI is InChI=1S/C57H60O7.C31H58O6/c1-9-11-13-15-17-19-21-23-24-25-26-27-28-29-30-31-32-33-35-37-39-41-43-45-54(58)61-53(47-60-56-50(5)48(3)49(4)52(62-56)46-59-8)55-51(63-57(6,7)64-55)44-42-40-38-36-34-22-20-18-16-14-12-10-2;1-8-9-10-11-12-13-14-15-16-17-18-19-20-27-29(37-31(5,6)36-27)26(32)21-34-30-25(4)23(2)24(3)28(35-30)22-33-7/h42,44,48-53,55-56H,10,12,14,16,18,20,22,34,36,38,40,46-47H2,1-8H3;19-20,23-30,32H,8-18,21-22H2,1-7H3/t48?,49?,50?,51-,52?,53+,55-,56?;23?,24?,25?,26-,27+,28?,29-,30?/m10/s1. The lowest BCUT2D eigenvalue weighted by molar-refractivity contribution is -0.265. The van der Waals surface area contributed by atoms with Gasteiger partial charge in [0.15, 0.2) is 30.3 Å². The summed E-state index contributed by atoms with van der Waals surface area (Å²) >= 11 is 0. The molecule has 1 N–H and O–H groups in total. The van der Waals surface area contributed by atoms with E-state index < -0.39 is 54.4 Å². The van der Waals surface area contributed by atoms with Gasteiger partial charge in [0.05, 0.1) is 38.6 Å². The lowest BCUT2D eigenvalue weighted by Gasteiger charge is -2.43. The van der Waals surface area contributed by atoms with Gasteiger partial charge in [0.2, 0.25) is 0 Å². The van der Waals surface area contributed by atoms with Crippen LogP contribution in [0.2, 0.25) is 0 Å². The molecule has 0 aromatic carbocycles. The zero-order chi connectivity index (χ0) is 73.8. The van der Waals surface area contributed by atoms with Gasteiger partial charge >= 0.3 is 5.97 Å². The molecule has 0 radical (unpaired) electrons. The fourth-order valence-corrected chi connectivity index (χ4v) is 12.2. The second-order valence-corrected chi connectivity index (χ2v) is 27.4. The molecule has 4 saturated heterocycles. The van der Waals surface area contributed by atoms with E-state index in [0.717, 1.165) is 19.3 Å². The van der Waals surface area contributed by atoms with Crippen LogP contribution in [-0.2, 0) is 56.9 Å². The first kappa shape index (κ1) is 88.4. The van der Waals surface area contributed by atoms with Crippen molar-refractivity contribution in [1.29, 1.82) is 0 Å². The van der Waals surface area contributed by atoms with Crippen LogP contribution in [0.1, 0.15) is 231 Å². The van der Waals surface area contributed by atoms with Crippen molar-refractivity contribution in [3.8, 4) is 142 Å². The molecule has 4 fully saturated rings. The van der Waals surface area contributed by atoms with Crippen LogP contribution in [0.15, 0.2) is 24.3 Å². The van der Waals surface area contributed by atoms with E-state index in [1.807, 2.05) is 33.8 Å². The Morgan fingerprint density at radius 2 is 0.752 bits per heavy atom. The van der Waals surface area contributed by atoms with Gasteiger partial charge in [0.25, 0.3) is 0 Å². The Kier molecular flexibility index (Phi) is 47.3. The number of methoxy groups -OCH3 is 2. The van der Waals surface area contributed by atoms with Crippen LogP contribution in [0, 0.1) is 178 Å². The minimum Gasteiger partial charge on any atom is -0.447 e. The smallest absolute Gasteiger partial charge is 0.385 e. The molecule has 0 aliphatic carbocycles. The number of unbranched alkanes of at least 4 members (excludes halogenated alkanes) is 20. The minimum atomic E-state index is -0.917. The highest BCUT2D eigenvalue weighted by atomic mass is 16.8. The van der Waals surface area contributed by atoms with Crippen molar-refractivity contribution in [2.45, 2.75) is 304 Å². The number of carbonyl (C=O) groups excluding carboxylic acids is 1. The maximum absolute atomic E-state index is 13.1. The molecule has 4 rings (SSSR count). The van der Waals surface area contributed by atoms with Gasteiger partial charge in [-0.25, -0.2) is 4.79 Å². The number of rotatable bonds is 37. The first-order valence-corrected chi connectivity index (χ1v) is 37.2. The third-order valence-corrected chi connectivity index (χ3v) is 18.5.